The van der Waals surface area contributed by atoms with E-state index >= 15 is 0 Å². The first-order chi connectivity index (χ1) is 5.33. The topological polar surface area (TPSA) is 35.5 Å². The van der Waals surface area contributed by atoms with Crippen molar-refractivity contribution in [1.29, 1.82) is 0 Å². The highest BCUT2D eigenvalue weighted by atomic mass is 16.5. The summed E-state index contributed by atoms with van der Waals surface area (Å²) in [6.45, 7) is 5.15. The molecule has 1 aliphatic heterocycles. The molecule has 0 N–H and O–H groups in total. The second-order valence-electron chi connectivity index (χ2n) is 2.58. The summed E-state index contributed by atoms with van der Waals surface area (Å²) in [5, 5.41) is 0. The Morgan fingerprint density at radius 2 is 2.45 bits per heavy atom. The third-order valence-electron chi connectivity index (χ3n) is 1.52. The molecule has 0 unspecified atom stereocenters. The summed E-state index contributed by atoms with van der Waals surface area (Å²) in [6, 6.07) is 0. The number of carbonyl (C=O) groups excluding carboxylic acids is 1. The summed E-state index contributed by atoms with van der Waals surface area (Å²) in [5.74, 6) is 0.227. The third kappa shape index (κ3) is 2.72. The number of esters is 1. The zero-order chi connectivity index (χ0) is 8.10. The molecule has 11 heavy (non-hydrogen) atoms. The molecule has 0 amide bonds. The van der Waals surface area contributed by atoms with Crippen LogP contribution < -0.4 is 0 Å². The highest BCUT2D eigenvalue weighted by molar-refractivity contribution is 5.69. The van der Waals surface area contributed by atoms with Crippen LogP contribution >= 0.6 is 0 Å². The summed E-state index contributed by atoms with van der Waals surface area (Å²) in [6.07, 6.45) is 2.04. The van der Waals surface area contributed by atoms with Gasteiger partial charge in [0.2, 0.25) is 0 Å². The smallest absolute Gasteiger partial charge is 0.306 e. The van der Waals surface area contributed by atoms with Crippen molar-refractivity contribution in [3.8, 4) is 0 Å². The van der Waals surface area contributed by atoms with Crippen LogP contribution in [0.3, 0.4) is 0 Å². The Morgan fingerprint density at radius 1 is 1.73 bits per heavy atom. The summed E-state index contributed by atoms with van der Waals surface area (Å²) in [5.41, 5.74) is 0. The molecule has 0 aromatic heterocycles. The molecule has 0 atom stereocenters. The van der Waals surface area contributed by atoms with Crippen LogP contribution in [0.15, 0.2) is 12.7 Å². The maximum Gasteiger partial charge on any atom is 0.306 e. The van der Waals surface area contributed by atoms with Gasteiger partial charge in [0.15, 0.2) is 0 Å². The Hall–Kier alpha value is -0.830. The Bertz CT molecular complexity index is 149. The number of carbonyl (C=O) groups is 1. The fourth-order valence-electron chi connectivity index (χ4n) is 0.849. The van der Waals surface area contributed by atoms with Crippen molar-refractivity contribution in [3.05, 3.63) is 12.7 Å². The van der Waals surface area contributed by atoms with Crippen LogP contribution in [0.1, 0.15) is 6.42 Å². The predicted octanol–water partition coefficient (Wildman–Crippen LogP) is 0.752. The molecule has 3 nitrogen and oxygen atoms in total. The van der Waals surface area contributed by atoms with Crippen LogP contribution in [0.25, 0.3) is 0 Å². The summed E-state index contributed by atoms with van der Waals surface area (Å²) in [4.78, 5) is 10.9. The monoisotopic (exact) mass is 156 g/mol. The van der Waals surface area contributed by atoms with Crippen molar-refractivity contribution in [3.63, 3.8) is 0 Å². The number of hydrogen-bond acceptors (Lipinski definition) is 3. The molecule has 62 valence electrons. The minimum Gasteiger partial charge on any atom is -0.461 e. The van der Waals surface area contributed by atoms with Crippen LogP contribution in [0.5, 0.6) is 0 Å². The van der Waals surface area contributed by atoms with Gasteiger partial charge >= 0.3 is 5.97 Å². The van der Waals surface area contributed by atoms with Crippen molar-refractivity contribution in [2.75, 3.05) is 19.8 Å². The normalized spacial score (nSPS) is 17.1. The lowest BCUT2D eigenvalue weighted by Gasteiger charge is -2.24. The molecule has 1 aliphatic rings. The van der Waals surface area contributed by atoms with Crippen molar-refractivity contribution in [2.24, 2.45) is 5.92 Å². The van der Waals surface area contributed by atoms with Gasteiger partial charge in [-0.3, -0.25) is 4.79 Å². The van der Waals surface area contributed by atoms with Crippen molar-refractivity contribution < 1.29 is 14.3 Å². The first-order valence-electron chi connectivity index (χ1n) is 3.67. The maximum atomic E-state index is 10.9. The molecule has 0 bridgehead atoms. The fraction of sp³-hybridized carbons (Fsp3) is 0.625. The third-order valence-corrected chi connectivity index (χ3v) is 1.52. The van der Waals surface area contributed by atoms with Crippen LogP contribution in [-0.2, 0) is 14.3 Å². The fourth-order valence-corrected chi connectivity index (χ4v) is 0.849. The summed E-state index contributed by atoms with van der Waals surface area (Å²) in [7, 11) is 0. The van der Waals surface area contributed by atoms with Gasteiger partial charge < -0.3 is 9.47 Å². The molecular formula is C8H12O3. The lowest BCUT2D eigenvalue weighted by molar-refractivity contribution is -0.147. The molecule has 1 heterocycles. The van der Waals surface area contributed by atoms with Crippen LogP contribution in [0, 0.1) is 5.92 Å². The van der Waals surface area contributed by atoms with Crippen molar-refractivity contribution in [1.82, 2.24) is 0 Å². The van der Waals surface area contributed by atoms with Crippen LogP contribution in [0.2, 0.25) is 0 Å². The Morgan fingerprint density at radius 3 is 2.91 bits per heavy atom. The molecule has 0 aliphatic carbocycles. The van der Waals surface area contributed by atoms with Gasteiger partial charge in [-0.25, -0.2) is 0 Å². The van der Waals surface area contributed by atoms with Crippen LogP contribution in [-0.4, -0.2) is 25.8 Å². The maximum absolute atomic E-state index is 10.9. The number of rotatable bonds is 4. The molecule has 0 aromatic carbocycles. The average molecular weight is 156 g/mol. The van der Waals surface area contributed by atoms with Gasteiger partial charge in [0.25, 0.3) is 0 Å². The zero-order valence-electron chi connectivity index (χ0n) is 6.41. The second-order valence-corrected chi connectivity index (χ2v) is 2.58. The second kappa shape index (κ2) is 4.13. The minimum atomic E-state index is -0.154. The summed E-state index contributed by atoms with van der Waals surface area (Å²) >= 11 is 0. The zero-order valence-corrected chi connectivity index (χ0v) is 6.41. The van der Waals surface area contributed by atoms with Gasteiger partial charge in [0.1, 0.15) is 6.61 Å². The Labute approximate surface area is 66.0 Å². The van der Waals surface area contributed by atoms with E-state index in [4.69, 9.17) is 9.47 Å². The average Bonchev–Trinajstić information content (AvgIpc) is 1.93. The first-order valence-corrected chi connectivity index (χ1v) is 3.67. The molecule has 0 spiro atoms. The number of hydrogen-bond donors (Lipinski definition) is 0. The lowest BCUT2D eigenvalue weighted by Crippen LogP contribution is -2.30. The molecular weight excluding hydrogens is 144 g/mol. The molecule has 0 radical (unpaired) electrons. The van der Waals surface area contributed by atoms with E-state index in [-0.39, 0.29) is 5.97 Å². The van der Waals surface area contributed by atoms with E-state index in [0.29, 0.717) is 32.2 Å². The van der Waals surface area contributed by atoms with Gasteiger partial charge in [0.05, 0.1) is 19.6 Å². The van der Waals surface area contributed by atoms with Crippen molar-refractivity contribution in [2.45, 2.75) is 6.42 Å². The largest absolute Gasteiger partial charge is 0.461 e. The quantitative estimate of drug-likeness (QED) is 0.445. The van der Waals surface area contributed by atoms with E-state index in [1.54, 1.807) is 6.08 Å². The molecule has 1 rings (SSSR count). The minimum absolute atomic E-state index is 0.154. The van der Waals surface area contributed by atoms with Gasteiger partial charge in [-0.15, -0.1) is 0 Å². The first kappa shape index (κ1) is 8.27. The van der Waals surface area contributed by atoms with Gasteiger partial charge in [-0.1, -0.05) is 12.7 Å². The van der Waals surface area contributed by atoms with E-state index in [0.717, 1.165) is 0 Å². The van der Waals surface area contributed by atoms with E-state index in [9.17, 15) is 4.79 Å². The molecule has 0 saturated carbocycles. The highest BCUT2D eigenvalue weighted by Gasteiger charge is 2.21. The highest BCUT2D eigenvalue weighted by Crippen LogP contribution is 2.14. The number of ether oxygens (including phenoxy) is 2. The molecule has 1 saturated heterocycles. The Balaban J connectivity index is 2.04. The molecule has 0 aromatic rings. The van der Waals surface area contributed by atoms with Gasteiger partial charge in [0, 0.05) is 5.92 Å². The van der Waals surface area contributed by atoms with Gasteiger partial charge in [-0.05, 0) is 0 Å². The molecule has 1 fully saturated rings. The van der Waals surface area contributed by atoms with E-state index < -0.39 is 0 Å². The van der Waals surface area contributed by atoms with E-state index in [2.05, 4.69) is 6.58 Å². The standard InChI is InChI=1S/C8H12O3/c1-2-3-11-8(9)4-7-5-10-6-7/h2,7H,1,3-6H2. The lowest BCUT2D eigenvalue weighted by atomic mass is 10.1. The molecule has 3 heteroatoms. The van der Waals surface area contributed by atoms with Crippen molar-refractivity contribution >= 4 is 5.97 Å². The van der Waals surface area contributed by atoms with E-state index in [1.165, 1.54) is 0 Å². The Kier molecular flexibility index (Phi) is 3.11. The predicted molar refractivity (Wildman–Crippen MR) is 40.1 cm³/mol. The van der Waals surface area contributed by atoms with E-state index in [1.807, 2.05) is 0 Å². The van der Waals surface area contributed by atoms with Crippen LogP contribution in [0.4, 0.5) is 0 Å². The van der Waals surface area contributed by atoms with Gasteiger partial charge in [-0.2, -0.15) is 0 Å². The SMILES string of the molecule is C=CCOC(=O)CC1COC1. The summed E-state index contributed by atoms with van der Waals surface area (Å²) < 4.78 is 9.70.